The van der Waals surface area contributed by atoms with Crippen molar-refractivity contribution in [1.82, 2.24) is 0 Å². The Kier molecular flexibility index (Phi) is 4.63. The SMILES string of the molecule is Cc1cc(C)c(OCCCCN)cc1C. The van der Waals surface area contributed by atoms with E-state index in [1.807, 2.05) is 0 Å². The van der Waals surface area contributed by atoms with E-state index in [0.29, 0.717) is 0 Å². The van der Waals surface area contributed by atoms with Gasteiger partial charge in [0.05, 0.1) is 6.61 Å². The maximum absolute atomic E-state index is 5.72. The number of aryl methyl sites for hydroxylation is 3. The molecule has 0 unspecified atom stereocenters. The fraction of sp³-hybridized carbons (Fsp3) is 0.538. The van der Waals surface area contributed by atoms with Crippen molar-refractivity contribution in [2.45, 2.75) is 33.6 Å². The molecule has 0 bridgehead atoms. The molecule has 0 fully saturated rings. The van der Waals surface area contributed by atoms with Gasteiger partial charge >= 0.3 is 0 Å². The number of hydrogen-bond donors (Lipinski definition) is 1. The molecule has 0 aliphatic heterocycles. The van der Waals surface area contributed by atoms with Crippen LogP contribution in [0.25, 0.3) is 0 Å². The lowest BCUT2D eigenvalue weighted by Gasteiger charge is -2.11. The summed E-state index contributed by atoms with van der Waals surface area (Å²) in [6, 6.07) is 4.29. The highest BCUT2D eigenvalue weighted by Gasteiger charge is 2.02. The minimum atomic E-state index is 0.745. The first kappa shape index (κ1) is 12.1. The van der Waals surface area contributed by atoms with E-state index in [2.05, 4.69) is 32.9 Å². The molecule has 2 N–H and O–H groups in total. The maximum Gasteiger partial charge on any atom is 0.122 e. The van der Waals surface area contributed by atoms with Gasteiger partial charge in [0.1, 0.15) is 5.75 Å². The Hall–Kier alpha value is -1.02. The minimum absolute atomic E-state index is 0.745. The summed E-state index contributed by atoms with van der Waals surface area (Å²) in [6.45, 7) is 7.84. The second-order valence-corrected chi connectivity index (χ2v) is 4.05. The van der Waals surface area contributed by atoms with Gasteiger partial charge in [0.25, 0.3) is 0 Å². The molecular formula is C13H21NO. The summed E-state index contributed by atoms with van der Waals surface area (Å²) in [5, 5.41) is 0. The largest absolute Gasteiger partial charge is 0.493 e. The number of nitrogens with two attached hydrogens (primary N) is 1. The van der Waals surface area contributed by atoms with Gasteiger partial charge in [0.2, 0.25) is 0 Å². The van der Waals surface area contributed by atoms with Crippen LogP contribution >= 0.6 is 0 Å². The molecule has 84 valence electrons. The van der Waals surface area contributed by atoms with Gasteiger partial charge in [0, 0.05) is 0 Å². The van der Waals surface area contributed by atoms with Gasteiger partial charge in [0.15, 0.2) is 0 Å². The van der Waals surface area contributed by atoms with Crippen LogP contribution in [-0.4, -0.2) is 13.2 Å². The van der Waals surface area contributed by atoms with E-state index in [9.17, 15) is 0 Å². The van der Waals surface area contributed by atoms with Crippen LogP contribution in [0.2, 0.25) is 0 Å². The second kappa shape index (κ2) is 5.76. The van der Waals surface area contributed by atoms with Crippen molar-refractivity contribution in [3.8, 4) is 5.75 Å². The van der Waals surface area contributed by atoms with Crippen molar-refractivity contribution >= 4 is 0 Å². The normalized spacial score (nSPS) is 10.4. The molecule has 0 aromatic heterocycles. The molecule has 0 radical (unpaired) electrons. The van der Waals surface area contributed by atoms with Crippen LogP contribution in [0.4, 0.5) is 0 Å². The number of rotatable bonds is 5. The van der Waals surface area contributed by atoms with Crippen molar-refractivity contribution in [1.29, 1.82) is 0 Å². The van der Waals surface area contributed by atoms with Crippen molar-refractivity contribution in [2.75, 3.05) is 13.2 Å². The summed E-state index contributed by atoms with van der Waals surface area (Å²) in [4.78, 5) is 0. The second-order valence-electron chi connectivity index (χ2n) is 4.05. The summed E-state index contributed by atoms with van der Waals surface area (Å²) in [5.74, 6) is 1.01. The predicted molar refractivity (Wildman–Crippen MR) is 64.4 cm³/mol. The zero-order chi connectivity index (χ0) is 11.3. The zero-order valence-electron chi connectivity index (χ0n) is 9.97. The summed E-state index contributed by atoms with van der Waals surface area (Å²) < 4.78 is 5.72. The maximum atomic E-state index is 5.72. The van der Waals surface area contributed by atoms with E-state index >= 15 is 0 Å². The fourth-order valence-electron chi connectivity index (χ4n) is 1.52. The Morgan fingerprint density at radius 1 is 1.00 bits per heavy atom. The summed E-state index contributed by atoms with van der Waals surface area (Å²) in [5.41, 5.74) is 9.25. The van der Waals surface area contributed by atoms with Gasteiger partial charge in [-0.1, -0.05) is 6.07 Å². The third-order valence-electron chi connectivity index (χ3n) is 2.65. The topological polar surface area (TPSA) is 35.2 Å². The smallest absolute Gasteiger partial charge is 0.122 e. The van der Waals surface area contributed by atoms with Crippen molar-refractivity contribution < 1.29 is 4.74 Å². The Morgan fingerprint density at radius 3 is 2.33 bits per heavy atom. The van der Waals surface area contributed by atoms with E-state index in [0.717, 1.165) is 31.7 Å². The van der Waals surface area contributed by atoms with E-state index < -0.39 is 0 Å². The third kappa shape index (κ3) is 3.56. The molecule has 1 rings (SSSR count). The number of hydrogen-bond acceptors (Lipinski definition) is 2. The zero-order valence-corrected chi connectivity index (χ0v) is 9.97. The van der Waals surface area contributed by atoms with Gasteiger partial charge < -0.3 is 10.5 Å². The van der Waals surface area contributed by atoms with Gasteiger partial charge in [-0.3, -0.25) is 0 Å². The third-order valence-corrected chi connectivity index (χ3v) is 2.65. The summed E-state index contributed by atoms with van der Waals surface area (Å²) in [6.07, 6.45) is 2.06. The van der Waals surface area contributed by atoms with Crippen LogP contribution in [0.1, 0.15) is 29.5 Å². The molecule has 0 saturated carbocycles. The fourth-order valence-corrected chi connectivity index (χ4v) is 1.52. The van der Waals surface area contributed by atoms with Gasteiger partial charge in [-0.15, -0.1) is 0 Å². The van der Waals surface area contributed by atoms with Crippen molar-refractivity contribution in [2.24, 2.45) is 5.73 Å². The first-order valence-corrected chi connectivity index (χ1v) is 5.56. The summed E-state index contributed by atoms with van der Waals surface area (Å²) >= 11 is 0. The lowest BCUT2D eigenvalue weighted by Crippen LogP contribution is -2.04. The Balaban J connectivity index is 2.57. The summed E-state index contributed by atoms with van der Waals surface area (Å²) in [7, 11) is 0. The molecule has 0 aliphatic carbocycles. The molecule has 2 heteroatoms. The molecule has 15 heavy (non-hydrogen) atoms. The molecule has 2 nitrogen and oxygen atoms in total. The number of benzene rings is 1. The molecule has 0 amide bonds. The Morgan fingerprint density at radius 2 is 1.67 bits per heavy atom. The number of unbranched alkanes of at least 4 members (excludes halogenated alkanes) is 1. The Labute approximate surface area is 92.4 Å². The molecule has 1 aromatic rings. The van der Waals surface area contributed by atoms with E-state index in [-0.39, 0.29) is 0 Å². The van der Waals surface area contributed by atoms with Gasteiger partial charge in [-0.2, -0.15) is 0 Å². The van der Waals surface area contributed by atoms with Gasteiger partial charge in [-0.05, 0) is 62.9 Å². The van der Waals surface area contributed by atoms with Gasteiger partial charge in [-0.25, -0.2) is 0 Å². The molecule has 1 aromatic carbocycles. The van der Waals surface area contributed by atoms with Crippen molar-refractivity contribution in [3.63, 3.8) is 0 Å². The highest BCUT2D eigenvalue weighted by atomic mass is 16.5. The molecule has 0 saturated heterocycles. The molecule has 0 heterocycles. The highest BCUT2D eigenvalue weighted by Crippen LogP contribution is 2.22. The van der Waals surface area contributed by atoms with Crippen LogP contribution in [0.15, 0.2) is 12.1 Å². The van der Waals surface area contributed by atoms with Crippen LogP contribution < -0.4 is 10.5 Å². The quantitative estimate of drug-likeness (QED) is 0.753. The van der Waals surface area contributed by atoms with E-state index in [1.165, 1.54) is 16.7 Å². The van der Waals surface area contributed by atoms with E-state index in [4.69, 9.17) is 10.5 Å². The first-order chi connectivity index (χ1) is 7.15. The first-order valence-electron chi connectivity index (χ1n) is 5.56. The average Bonchev–Trinajstić information content (AvgIpc) is 2.20. The Bertz CT molecular complexity index is 321. The minimum Gasteiger partial charge on any atom is -0.493 e. The van der Waals surface area contributed by atoms with Crippen LogP contribution in [0.3, 0.4) is 0 Å². The molecule has 0 spiro atoms. The van der Waals surface area contributed by atoms with E-state index in [1.54, 1.807) is 0 Å². The lowest BCUT2D eigenvalue weighted by molar-refractivity contribution is 0.305. The average molecular weight is 207 g/mol. The monoisotopic (exact) mass is 207 g/mol. The number of ether oxygens (including phenoxy) is 1. The van der Waals surface area contributed by atoms with Crippen LogP contribution in [-0.2, 0) is 0 Å². The molecule has 0 atom stereocenters. The van der Waals surface area contributed by atoms with Crippen LogP contribution in [0.5, 0.6) is 5.75 Å². The highest BCUT2D eigenvalue weighted by molar-refractivity contribution is 5.40. The molecular weight excluding hydrogens is 186 g/mol. The lowest BCUT2D eigenvalue weighted by atomic mass is 10.1. The predicted octanol–water partition coefficient (Wildman–Crippen LogP) is 2.73. The standard InChI is InChI=1S/C13H21NO/c1-10-8-12(3)13(9-11(10)2)15-7-5-4-6-14/h8-9H,4-7,14H2,1-3H3. The van der Waals surface area contributed by atoms with Crippen LogP contribution in [0, 0.1) is 20.8 Å². The van der Waals surface area contributed by atoms with Crippen molar-refractivity contribution in [3.05, 3.63) is 28.8 Å². The molecule has 0 aliphatic rings.